The summed E-state index contributed by atoms with van der Waals surface area (Å²) in [4.78, 5) is 19.3. The summed E-state index contributed by atoms with van der Waals surface area (Å²) in [6, 6.07) is 8.20. The molecule has 2 saturated heterocycles. The lowest BCUT2D eigenvalue weighted by Crippen LogP contribution is -2.30. The Morgan fingerprint density at radius 3 is 2.54 bits per heavy atom. The summed E-state index contributed by atoms with van der Waals surface area (Å²) in [5.74, 6) is -1.02. The summed E-state index contributed by atoms with van der Waals surface area (Å²) in [5, 5.41) is 4.03. The molecule has 0 spiro atoms. The molecule has 2 aliphatic heterocycles. The maximum atomic E-state index is 14.1. The van der Waals surface area contributed by atoms with Crippen LogP contribution in [-0.4, -0.2) is 40.5 Å². The van der Waals surface area contributed by atoms with Crippen molar-refractivity contribution in [2.24, 2.45) is 0 Å². The maximum absolute atomic E-state index is 14.1. The minimum absolute atomic E-state index is 0.0249. The van der Waals surface area contributed by atoms with Crippen LogP contribution in [0.4, 0.5) is 14.5 Å². The van der Waals surface area contributed by atoms with E-state index in [1.165, 1.54) is 11.0 Å². The van der Waals surface area contributed by atoms with Crippen molar-refractivity contribution in [1.82, 2.24) is 14.7 Å². The number of sulfone groups is 1. The van der Waals surface area contributed by atoms with Crippen LogP contribution >= 0.6 is 0 Å². The minimum Gasteiger partial charge on any atom is -0.361 e. The SMILES string of the molecule is Cc1noc(C)c1-c1ccc2c(c1)nc([C@@H]1CCC(=O)N1c1ccc(F)c(F)c1)n2[C@H]1CCS(=O)(=O)C1. The number of amides is 1. The van der Waals surface area contributed by atoms with Gasteiger partial charge in [-0.3, -0.25) is 4.79 Å². The van der Waals surface area contributed by atoms with Gasteiger partial charge in [0.2, 0.25) is 5.91 Å². The van der Waals surface area contributed by atoms with Crippen molar-refractivity contribution in [3.05, 3.63) is 65.3 Å². The van der Waals surface area contributed by atoms with E-state index >= 15 is 0 Å². The molecule has 0 unspecified atom stereocenters. The van der Waals surface area contributed by atoms with Crippen LogP contribution in [-0.2, 0) is 14.6 Å². The van der Waals surface area contributed by atoms with Gasteiger partial charge in [0.15, 0.2) is 21.5 Å². The van der Waals surface area contributed by atoms with E-state index in [-0.39, 0.29) is 35.6 Å². The topological polar surface area (TPSA) is 98.3 Å². The molecule has 1 amide bonds. The monoisotopic (exact) mass is 526 g/mol. The second-order valence-electron chi connectivity index (χ2n) is 9.72. The van der Waals surface area contributed by atoms with Gasteiger partial charge in [0.1, 0.15) is 11.6 Å². The Bertz CT molecular complexity index is 1660. The summed E-state index contributed by atoms with van der Waals surface area (Å²) < 4.78 is 59.8. The van der Waals surface area contributed by atoms with Gasteiger partial charge in [-0.2, -0.15) is 0 Å². The van der Waals surface area contributed by atoms with Gasteiger partial charge in [-0.1, -0.05) is 11.2 Å². The summed E-state index contributed by atoms with van der Waals surface area (Å²) >= 11 is 0. The van der Waals surface area contributed by atoms with E-state index in [2.05, 4.69) is 5.16 Å². The molecule has 37 heavy (non-hydrogen) atoms. The molecule has 11 heteroatoms. The highest BCUT2D eigenvalue weighted by atomic mass is 32.2. The van der Waals surface area contributed by atoms with Gasteiger partial charge in [0.25, 0.3) is 0 Å². The van der Waals surface area contributed by atoms with Gasteiger partial charge in [0.05, 0.1) is 40.3 Å². The normalized spacial score (nSPS) is 21.4. The molecule has 2 fully saturated rings. The first-order valence-corrected chi connectivity index (χ1v) is 13.9. The molecule has 4 heterocycles. The van der Waals surface area contributed by atoms with E-state index < -0.39 is 27.5 Å². The van der Waals surface area contributed by atoms with Crippen LogP contribution < -0.4 is 4.90 Å². The molecule has 0 saturated carbocycles. The molecule has 0 aliphatic carbocycles. The largest absolute Gasteiger partial charge is 0.361 e. The number of aryl methyl sites for hydroxylation is 2. The van der Waals surface area contributed by atoms with Crippen molar-refractivity contribution in [2.45, 2.75) is 45.2 Å². The van der Waals surface area contributed by atoms with Crippen molar-refractivity contribution in [3.63, 3.8) is 0 Å². The molecule has 192 valence electrons. The fraction of sp³-hybridized carbons (Fsp3) is 0.346. The lowest BCUT2D eigenvalue weighted by atomic mass is 10.0. The van der Waals surface area contributed by atoms with Crippen LogP contribution in [0, 0.1) is 25.5 Å². The number of hydrogen-bond acceptors (Lipinski definition) is 6. The third-order valence-electron chi connectivity index (χ3n) is 7.30. The standard InChI is InChI=1S/C26H24F2N4O4S/c1-14-25(15(2)36-30-14)16-3-6-22-21(11-16)29-26(32(22)18-9-10-37(34,35)13-18)23-7-8-24(33)31(23)17-4-5-19(27)20(28)12-17/h3-6,11-12,18,23H,7-10,13H2,1-2H3/t18-,23-/m0/s1. The molecule has 2 aromatic carbocycles. The molecule has 2 aromatic heterocycles. The number of halogens is 2. The number of rotatable bonds is 4. The molecule has 8 nitrogen and oxygen atoms in total. The first-order valence-electron chi connectivity index (χ1n) is 12.1. The van der Waals surface area contributed by atoms with E-state index in [1.807, 2.05) is 36.6 Å². The fourth-order valence-electron chi connectivity index (χ4n) is 5.65. The Morgan fingerprint density at radius 1 is 1.05 bits per heavy atom. The predicted octanol–water partition coefficient (Wildman–Crippen LogP) is 4.81. The highest BCUT2D eigenvalue weighted by molar-refractivity contribution is 7.91. The van der Waals surface area contributed by atoms with Crippen LogP contribution in [0.25, 0.3) is 22.2 Å². The van der Waals surface area contributed by atoms with Crippen LogP contribution in [0.2, 0.25) is 0 Å². The van der Waals surface area contributed by atoms with E-state index in [0.29, 0.717) is 29.9 Å². The van der Waals surface area contributed by atoms with Crippen LogP contribution in [0.15, 0.2) is 40.9 Å². The van der Waals surface area contributed by atoms with Gasteiger partial charge in [-0.05, 0) is 56.5 Å². The number of carbonyl (C=O) groups excluding carboxylic acids is 1. The average Bonchev–Trinajstić information content (AvgIpc) is 3.59. The Balaban J connectivity index is 1.53. The lowest BCUT2D eigenvalue weighted by molar-refractivity contribution is -0.117. The lowest BCUT2D eigenvalue weighted by Gasteiger charge is -2.27. The van der Waals surface area contributed by atoms with Crippen molar-refractivity contribution < 1.29 is 26.5 Å². The number of carbonyl (C=O) groups is 1. The van der Waals surface area contributed by atoms with Crippen LogP contribution in [0.5, 0.6) is 0 Å². The third kappa shape index (κ3) is 3.92. The van der Waals surface area contributed by atoms with Crippen LogP contribution in [0.1, 0.15) is 48.6 Å². The molecule has 0 radical (unpaired) electrons. The average molecular weight is 527 g/mol. The maximum Gasteiger partial charge on any atom is 0.227 e. The first kappa shape index (κ1) is 23.8. The van der Waals surface area contributed by atoms with Gasteiger partial charge in [-0.15, -0.1) is 0 Å². The molecule has 2 aliphatic rings. The Hall–Kier alpha value is -3.60. The zero-order valence-electron chi connectivity index (χ0n) is 20.2. The van der Waals surface area contributed by atoms with E-state index in [1.54, 1.807) is 0 Å². The Labute approximate surface area is 211 Å². The third-order valence-corrected chi connectivity index (χ3v) is 9.05. The van der Waals surface area contributed by atoms with E-state index in [0.717, 1.165) is 34.5 Å². The van der Waals surface area contributed by atoms with Crippen molar-refractivity contribution in [3.8, 4) is 11.1 Å². The molecule has 0 N–H and O–H groups in total. The number of benzene rings is 2. The molecular weight excluding hydrogens is 502 g/mol. The minimum atomic E-state index is -3.21. The number of nitrogens with zero attached hydrogens (tertiary/aromatic N) is 4. The van der Waals surface area contributed by atoms with Gasteiger partial charge in [0, 0.05) is 23.7 Å². The number of hydrogen-bond donors (Lipinski definition) is 0. The number of anilines is 1. The molecule has 2 atom stereocenters. The van der Waals surface area contributed by atoms with Crippen LogP contribution in [0.3, 0.4) is 0 Å². The van der Waals surface area contributed by atoms with Crippen molar-refractivity contribution in [2.75, 3.05) is 16.4 Å². The first-order chi connectivity index (χ1) is 17.6. The molecule has 6 rings (SSSR count). The van der Waals surface area contributed by atoms with E-state index in [4.69, 9.17) is 9.51 Å². The zero-order chi connectivity index (χ0) is 26.1. The molecule has 4 aromatic rings. The fourth-order valence-corrected chi connectivity index (χ4v) is 7.35. The summed E-state index contributed by atoms with van der Waals surface area (Å²) in [5.41, 5.74) is 4.09. The molecular formula is C26H24F2N4O4S. The highest BCUT2D eigenvalue weighted by Crippen LogP contribution is 2.41. The number of fused-ring (bicyclic) bond motifs is 1. The zero-order valence-corrected chi connectivity index (χ0v) is 21.1. The molecule has 0 bridgehead atoms. The second kappa shape index (κ2) is 8.47. The second-order valence-corrected chi connectivity index (χ2v) is 11.9. The van der Waals surface area contributed by atoms with Gasteiger partial charge >= 0.3 is 0 Å². The smallest absolute Gasteiger partial charge is 0.227 e. The highest BCUT2D eigenvalue weighted by Gasteiger charge is 2.40. The number of aromatic nitrogens is 3. The quantitative estimate of drug-likeness (QED) is 0.378. The van der Waals surface area contributed by atoms with Gasteiger partial charge in [-0.25, -0.2) is 22.2 Å². The van der Waals surface area contributed by atoms with Gasteiger partial charge < -0.3 is 14.0 Å². The number of imidazole rings is 1. The Kier molecular flexibility index (Phi) is 5.45. The summed E-state index contributed by atoms with van der Waals surface area (Å²) in [6.45, 7) is 3.68. The predicted molar refractivity (Wildman–Crippen MR) is 133 cm³/mol. The van der Waals surface area contributed by atoms with Crippen molar-refractivity contribution in [1.29, 1.82) is 0 Å². The van der Waals surface area contributed by atoms with Crippen molar-refractivity contribution >= 4 is 32.5 Å². The summed E-state index contributed by atoms with van der Waals surface area (Å²) in [7, 11) is -3.21. The summed E-state index contributed by atoms with van der Waals surface area (Å²) in [6.07, 6.45) is 1.05. The van der Waals surface area contributed by atoms with E-state index in [9.17, 15) is 22.0 Å². The Morgan fingerprint density at radius 2 is 1.86 bits per heavy atom.